The molecule has 0 aliphatic rings. The zero-order valence-corrected chi connectivity index (χ0v) is 18.3. The molecular weight excluding hydrogens is 449 g/mol. The Morgan fingerprint density at radius 2 is 1.72 bits per heavy atom. The minimum Gasteiger partial charge on any atom is -0.489 e. The molecule has 4 rings (SSSR count). The monoisotopic (exact) mass is 465 g/mol. The van der Waals surface area contributed by atoms with Crippen LogP contribution in [-0.2, 0) is 6.61 Å². The van der Waals surface area contributed by atoms with Gasteiger partial charge in [0, 0.05) is 21.7 Å². The van der Waals surface area contributed by atoms with Crippen LogP contribution in [0, 0.1) is 5.82 Å². The molecule has 0 aliphatic heterocycles. The van der Waals surface area contributed by atoms with Crippen LogP contribution in [0.25, 0.3) is 0 Å². The Morgan fingerprint density at radius 1 is 0.969 bits per heavy atom. The maximum Gasteiger partial charge on any atom is 0.265 e. The Bertz CT molecular complexity index is 1260. The van der Waals surface area contributed by atoms with Gasteiger partial charge in [0.1, 0.15) is 18.2 Å². The first kappa shape index (κ1) is 21.7. The smallest absolute Gasteiger partial charge is 0.265 e. The second kappa shape index (κ2) is 9.77. The van der Waals surface area contributed by atoms with Crippen molar-refractivity contribution in [2.24, 2.45) is 0 Å². The molecule has 0 fully saturated rings. The van der Waals surface area contributed by atoms with E-state index in [9.17, 15) is 14.0 Å². The van der Waals surface area contributed by atoms with E-state index in [-0.39, 0.29) is 24.1 Å². The van der Waals surface area contributed by atoms with Crippen molar-refractivity contribution in [2.45, 2.75) is 6.61 Å². The summed E-state index contributed by atoms with van der Waals surface area (Å²) in [6, 6.07) is 21.0. The van der Waals surface area contributed by atoms with Gasteiger partial charge in [-0.05, 0) is 53.9 Å². The molecule has 0 unspecified atom stereocenters. The van der Waals surface area contributed by atoms with Gasteiger partial charge in [-0.15, -0.1) is 11.3 Å². The number of amides is 1. The van der Waals surface area contributed by atoms with Crippen molar-refractivity contribution in [2.75, 3.05) is 5.32 Å². The van der Waals surface area contributed by atoms with E-state index in [1.54, 1.807) is 60.7 Å². The molecule has 4 aromatic rings. The van der Waals surface area contributed by atoms with Crippen LogP contribution in [-0.4, -0.2) is 11.7 Å². The minimum atomic E-state index is -0.340. The van der Waals surface area contributed by atoms with Crippen molar-refractivity contribution in [3.05, 3.63) is 117 Å². The van der Waals surface area contributed by atoms with E-state index in [2.05, 4.69) is 5.32 Å². The summed E-state index contributed by atoms with van der Waals surface area (Å²) in [4.78, 5) is 26.2. The second-order valence-corrected chi connectivity index (χ2v) is 8.25. The van der Waals surface area contributed by atoms with Crippen LogP contribution in [0.5, 0.6) is 5.75 Å². The minimum absolute atomic E-state index is 0.233. The molecule has 7 heteroatoms. The van der Waals surface area contributed by atoms with Gasteiger partial charge in [-0.2, -0.15) is 0 Å². The van der Waals surface area contributed by atoms with Crippen molar-refractivity contribution < 1.29 is 18.7 Å². The molecule has 3 aromatic carbocycles. The highest BCUT2D eigenvalue weighted by Gasteiger charge is 2.17. The van der Waals surface area contributed by atoms with E-state index < -0.39 is 0 Å². The molecule has 4 nitrogen and oxygen atoms in total. The number of thiophene rings is 1. The predicted molar refractivity (Wildman–Crippen MR) is 124 cm³/mol. The molecule has 1 N–H and O–H groups in total. The van der Waals surface area contributed by atoms with Gasteiger partial charge in [-0.25, -0.2) is 4.39 Å². The third kappa shape index (κ3) is 5.22. The third-order valence-corrected chi connectivity index (χ3v) is 5.82. The summed E-state index contributed by atoms with van der Waals surface area (Å²) in [5.74, 6) is -0.372. The zero-order chi connectivity index (χ0) is 22.5. The van der Waals surface area contributed by atoms with Crippen molar-refractivity contribution >= 4 is 40.3 Å². The van der Waals surface area contributed by atoms with Gasteiger partial charge in [0.05, 0.1) is 10.6 Å². The third-order valence-electron chi connectivity index (χ3n) is 4.61. The normalized spacial score (nSPS) is 10.6. The summed E-state index contributed by atoms with van der Waals surface area (Å²) in [6.45, 7) is 0.244. The number of benzene rings is 3. The summed E-state index contributed by atoms with van der Waals surface area (Å²) in [6.07, 6.45) is 0. The number of anilines is 1. The van der Waals surface area contributed by atoms with Gasteiger partial charge >= 0.3 is 0 Å². The molecule has 0 bridgehead atoms. The lowest BCUT2D eigenvalue weighted by Gasteiger charge is -2.10. The lowest BCUT2D eigenvalue weighted by atomic mass is 10.0. The molecule has 0 saturated carbocycles. The van der Waals surface area contributed by atoms with Crippen molar-refractivity contribution in [1.29, 1.82) is 0 Å². The molecule has 1 heterocycles. The van der Waals surface area contributed by atoms with Gasteiger partial charge in [-0.3, -0.25) is 9.59 Å². The molecule has 32 heavy (non-hydrogen) atoms. The Kier molecular flexibility index (Phi) is 6.63. The topological polar surface area (TPSA) is 55.4 Å². The fourth-order valence-corrected chi connectivity index (χ4v) is 3.97. The number of rotatable bonds is 7. The summed E-state index contributed by atoms with van der Waals surface area (Å²) in [7, 11) is 0. The van der Waals surface area contributed by atoms with Crippen molar-refractivity contribution in [3.63, 3.8) is 0 Å². The molecule has 1 aromatic heterocycles. The van der Waals surface area contributed by atoms with Gasteiger partial charge in [0.2, 0.25) is 0 Å². The quantitative estimate of drug-likeness (QED) is 0.313. The van der Waals surface area contributed by atoms with Crippen LogP contribution >= 0.6 is 22.9 Å². The molecule has 0 atom stereocenters. The SMILES string of the molecule is O=C(Nc1ccc(Cl)cc1C(=O)c1ccccc1)c1cc(COc2ccc(F)cc2)cs1. The molecule has 0 saturated heterocycles. The van der Waals surface area contributed by atoms with Gasteiger partial charge in [0.15, 0.2) is 5.78 Å². The fraction of sp³-hybridized carbons (Fsp3) is 0.0400. The van der Waals surface area contributed by atoms with Gasteiger partial charge < -0.3 is 10.1 Å². The average molecular weight is 466 g/mol. The van der Waals surface area contributed by atoms with Crippen LogP contribution in [0.4, 0.5) is 10.1 Å². The summed E-state index contributed by atoms with van der Waals surface area (Å²) in [5.41, 5.74) is 2.00. The predicted octanol–water partition coefficient (Wildman–Crippen LogP) is 6.60. The molecule has 160 valence electrons. The van der Waals surface area contributed by atoms with E-state index in [1.165, 1.54) is 23.5 Å². The Morgan fingerprint density at radius 3 is 2.47 bits per heavy atom. The number of hydrogen-bond donors (Lipinski definition) is 1. The highest BCUT2D eigenvalue weighted by Crippen LogP contribution is 2.25. The Hall–Kier alpha value is -3.48. The number of ether oxygens (including phenoxy) is 1. The Balaban J connectivity index is 1.47. The summed E-state index contributed by atoms with van der Waals surface area (Å²) >= 11 is 7.37. The molecule has 1 amide bonds. The molecule has 0 radical (unpaired) electrons. The van der Waals surface area contributed by atoms with Gasteiger partial charge in [0.25, 0.3) is 5.91 Å². The maximum atomic E-state index is 13.0. The van der Waals surface area contributed by atoms with E-state index >= 15 is 0 Å². The number of ketones is 1. The standard InChI is InChI=1S/C25H17ClFNO3S/c26-18-6-11-22(21(13-18)24(29)17-4-2-1-3-5-17)28-25(30)23-12-16(15-32-23)14-31-20-9-7-19(27)8-10-20/h1-13,15H,14H2,(H,28,30). The summed E-state index contributed by atoms with van der Waals surface area (Å²) in [5, 5.41) is 5.02. The maximum absolute atomic E-state index is 13.0. The second-order valence-electron chi connectivity index (χ2n) is 6.90. The number of nitrogens with one attached hydrogen (secondary N) is 1. The van der Waals surface area contributed by atoms with Crippen LogP contribution in [0.2, 0.25) is 5.02 Å². The Labute approximate surface area is 193 Å². The average Bonchev–Trinajstić information content (AvgIpc) is 3.29. The first-order chi connectivity index (χ1) is 15.5. The van der Waals surface area contributed by atoms with Crippen LogP contribution < -0.4 is 10.1 Å². The van der Waals surface area contributed by atoms with Crippen molar-refractivity contribution in [1.82, 2.24) is 0 Å². The lowest BCUT2D eigenvalue weighted by molar-refractivity contribution is 0.103. The van der Waals surface area contributed by atoms with Crippen LogP contribution in [0.15, 0.2) is 84.2 Å². The summed E-state index contributed by atoms with van der Waals surface area (Å²) < 4.78 is 18.6. The number of carbonyl (C=O) groups excluding carboxylic acids is 2. The van der Waals surface area contributed by atoms with E-state index in [4.69, 9.17) is 16.3 Å². The van der Waals surface area contributed by atoms with E-state index in [0.29, 0.717) is 32.5 Å². The van der Waals surface area contributed by atoms with Crippen LogP contribution in [0.1, 0.15) is 31.2 Å². The van der Waals surface area contributed by atoms with Crippen LogP contribution in [0.3, 0.4) is 0 Å². The molecule has 0 aliphatic carbocycles. The number of carbonyl (C=O) groups is 2. The zero-order valence-electron chi connectivity index (χ0n) is 16.7. The first-order valence-corrected chi connectivity index (χ1v) is 10.9. The van der Waals surface area contributed by atoms with Crippen molar-refractivity contribution in [3.8, 4) is 5.75 Å². The highest BCUT2D eigenvalue weighted by molar-refractivity contribution is 7.12. The lowest BCUT2D eigenvalue weighted by Crippen LogP contribution is -2.14. The molecular formula is C25H17ClFNO3S. The fourth-order valence-electron chi connectivity index (χ4n) is 3.01. The number of halogens is 2. The van der Waals surface area contributed by atoms with E-state index in [1.807, 2.05) is 11.4 Å². The van der Waals surface area contributed by atoms with E-state index in [0.717, 1.165) is 5.56 Å². The largest absolute Gasteiger partial charge is 0.489 e. The highest BCUT2D eigenvalue weighted by atomic mass is 35.5. The first-order valence-electron chi connectivity index (χ1n) is 9.66. The number of hydrogen-bond acceptors (Lipinski definition) is 4. The molecule has 0 spiro atoms. The van der Waals surface area contributed by atoms with Gasteiger partial charge in [-0.1, -0.05) is 41.9 Å².